The van der Waals surface area contributed by atoms with Crippen molar-refractivity contribution in [1.82, 2.24) is 4.98 Å². The number of carbonyl (C=O) groups excluding carboxylic acids is 1. The Hall–Kier alpha value is -3.80. The van der Waals surface area contributed by atoms with E-state index in [9.17, 15) is 13.6 Å². The van der Waals surface area contributed by atoms with Crippen molar-refractivity contribution in [2.24, 2.45) is 0 Å². The SMILES string of the molecule is O=C(Nc1ccc(Oc2cccc3cccnc23)cc1)c1c(F)cccc1F. The van der Waals surface area contributed by atoms with Crippen molar-refractivity contribution >= 4 is 22.5 Å². The van der Waals surface area contributed by atoms with E-state index in [1.165, 1.54) is 6.07 Å². The Morgan fingerprint density at radius 2 is 1.54 bits per heavy atom. The molecule has 4 aromatic rings. The van der Waals surface area contributed by atoms with Gasteiger partial charge in [-0.25, -0.2) is 8.78 Å². The first-order chi connectivity index (χ1) is 13.6. The van der Waals surface area contributed by atoms with E-state index in [-0.39, 0.29) is 0 Å². The van der Waals surface area contributed by atoms with Gasteiger partial charge in [-0.15, -0.1) is 0 Å². The maximum Gasteiger partial charge on any atom is 0.261 e. The van der Waals surface area contributed by atoms with E-state index in [0.717, 1.165) is 23.0 Å². The number of anilines is 1. The highest BCUT2D eigenvalue weighted by Gasteiger charge is 2.17. The van der Waals surface area contributed by atoms with Gasteiger partial charge in [-0.1, -0.05) is 24.3 Å². The van der Waals surface area contributed by atoms with Crippen molar-refractivity contribution in [3.8, 4) is 11.5 Å². The summed E-state index contributed by atoms with van der Waals surface area (Å²) in [5, 5.41) is 3.43. The molecule has 0 saturated heterocycles. The molecule has 28 heavy (non-hydrogen) atoms. The molecule has 4 nitrogen and oxygen atoms in total. The van der Waals surface area contributed by atoms with Gasteiger partial charge in [-0.3, -0.25) is 9.78 Å². The highest BCUT2D eigenvalue weighted by Crippen LogP contribution is 2.29. The fourth-order valence-electron chi connectivity index (χ4n) is 2.80. The molecule has 0 atom stereocenters. The van der Waals surface area contributed by atoms with Gasteiger partial charge in [-0.2, -0.15) is 0 Å². The lowest BCUT2D eigenvalue weighted by atomic mass is 10.1. The lowest BCUT2D eigenvalue weighted by Gasteiger charge is -2.10. The molecule has 3 aromatic carbocycles. The number of nitrogens with one attached hydrogen (secondary N) is 1. The average Bonchev–Trinajstić information content (AvgIpc) is 2.70. The van der Waals surface area contributed by atoms with Gasteiger partial charge in [0.1, 0.15) is 28.5 Å². The Labute approximate surface area is 159 Å². The van der Waals surface area contributed by atoms with Crippen LogP contribution in [0.3, 0.4) is 0 Å². The van der Waals surface area contributed by atoms with Crippen LogP contribution in [0.2, 0.25) is 0 Å². The fraction of sp³-hybridized carbons (Fsp3) is 0. The number of nitrogens with zero attached hydrogens (tertiary/aromatic N) is 1. The molecule has 4 rings (SSSR count). The second kappa shape index (κ2) is 7.44. The lowest BCUT2D eigenvalue weighted by Crippen LogP contribution is -2.15. The first-order valence-electron chi connectivity index (χ1n) is 8.49. The molecular formula is C22H14F2N2O2. The molecule has 0 bridgehead atoms. The summed E-state index contributed by atoms with van der Waals surface area (Å²) in [6.07, 6.45) is 1.69. The van der Waals surface area contributed by atoms with Gasteiger partial charge >= 0.3 is 0 Å². The minimum absolute atomic E-state index is 0.385. The van der Waals surface area contributed by atoms with E-state index in [2.05, 4.69) is 10.3 Å². The zero-order valence-electron chi connectivity index (χ0n) is 14.5. The predicted octanol–water partition coefficient (Wildman–Crippen LogP) is 5.56. The highest BCUT2D eigenvalue weighted by atomic mass is 19.1. The second-order valence-electron chi connectivity index (χ2n) is 6.01. The fourth-order valence-corrected chi connectivity index (χ4v) is 2.80. The Kier molecular flexibility index (Phi) is 4.68. The van der Waals surface area contributed by atoms with Crippen LogP contribution in [-0.2, 0) is 0 Å². The van der Waals surface area contributed by atoms with Crippen molar-refractivity contribution in [3.05, 3.63) is 96.2 Å². The zero-order chi connectivity index (χ0) is 19.5. The third kappa shape index (κ3) is 3.53. The lowest BCUT2D eigenvalue weighted by molar-refractivity contribution is 0.101. The van der Waals surface area contributed by atoms with E-state index in [0.29, 0.717) is 17.2 Å². The molecule has 1 aromatic heterocycles. The quantitative estimate of drug-likeness (QED) is 0.507. The summed E-state index contributed by atoms with van der Waals surface area (Å²) in [4.78, 5) is 16.5. The van der Waals surface area contributed by atoms with E-state index >= 15 is 0 Å². The van der Waals surface area contributed by atoms with Crippen LogP contribution in [0.1, 0.15) is 10.4 Å². The molecule has 1 amide bonds. The van der Waals surface area contributed by atoms with Crippen LogP contribution in [0, 0.1) is 11.6 Å². The summed E-state index contributed by atoms with van der Waals surface area (Å²) in [5.74, 6) is -1.55. The number of amides is 1. The Morgan fingerprint density at radius 1 is 0.857 bits per heavy atom. The Bertz CT molecular complexity index is 1140. The van der Waals surface area contributed by atoms with Gasteiger partial charge < -0.3 is 10.1 Å². The van der Waals surface area contributed by atoms with E-state index in [1.807, 2.05) is 30.3 Å². The molecule has 0 fully saturated rings. The van der Waals surface area contributed by atoms with Gasteiger partial charge in [-0.05, 0) is 48.5 Å². The summed E-state index contributed by atoms with van der Waals surface area (Å²) in [5.41, 5.74) is 0.498. The van der Waals surface area contributed by atoms with Crippen molar-refractivity contribution < 1.29 is 18.3 Å². The molecule has 0 unspecified atom stereocenters. The third-order valence-corrected chi connectivity index (χ3v) is 4.13. The van der Waals surface area contributed by atoms with Crippen LogP contribution in [0.4, 0.5) is 14.5 Å². The maximum absolute atomic E-state index is 13.7. The number of hydrogen-bond acceptors (Lipinski definition) is 3. The molecule has 0 aliphatic carbocycles. The summed E-state index contributed by atoms with van der Waals surface area (Å²) >= 11 is 0. The first kappa shape index (κ1) is 17.6. The maximum atomic E-state index is 13.7. The van der Waals surface area contributed by atoms with E-state index < -0.39 is 23.1 Å². The number of aromatic nitrogens is 1. The van der Waals surface area contributed by atoms with Crippen LogP contribution in [0.25, 0.3) is 10.9 Å². The number of fused-ring (bicyclic) bond motifs is 1. The van der Waals surface area contributed by atoms with Crippen molar-refractivity contribution in [2.45, 2.75) is 0 Å². The molecule has 0 aliphatic rings. The van der Waals surface area contributed by atoms with Gasteiger partial charge in [0.25, 0.3) is 5.91 Å². The normalized spacial score (nSPS) is 10.6. The number of benzene rings is 3. The van der Waals surface area contributed by atoms with Gasteiger partial charge in [0, 0.05) is 17.3 Å². The standard InChI is InChI=1S/C22H14F2N2O2/c23-17-6-2-7-18(24)20(17)22(27)26-15-9-11-16(12-10-15)28-19-8-1-4-14-5-3-13-25-21(14)19/h1-13H,(H,26,27). The molecule has 0 saturated carbocycles. The molecular weight excluding hydrogens is 362 g/mol. The number of hydrogen-bond donors (Lipinski definition) is 1. The Balaban J connectivity index is 1.52. The zero-order valence-corrected chi connectivity index (χ0v) is 14.5. The summed E-state index contributed by atoms with van der Waals surface area (Å²) in [6.45, 7) is 0. The second-order valence-corrected chi connectivity index (χ2v) is 6.01. The number of rotatable bonds is 4. The molecule has 0 spiro atoms. The number of carbonyl (C=O) groups is 1. The largest absolute Gasteiger partial charge is 0.455 e. The average molecular weight is 376 g/mol. The number of ether oxygens (including phenoxy) is 1. The van der Waals surface area contributed by atoms with Gasteiger partial charge in [0.15, 0.2) is 5.75 Å². The summed E-state index contributed by atoms with van der Waals surface area (Å²) < 4.78 is 33.3. The minimum atomic E-state index is -0.916. The van der Waals surface area contributed by atoms with E-state index in [4.69, 9.17) is 4.74 Å². The van der Waals surface area contributed by atoms with Crippen LogP contribution in [0.15, 0.2) is 79.0 Å². The van der Waals surface area contributed by atoms with Crippen LogP contribution in [0.5, 0.6) is 11.5 Å². The summed E-state index contributed by atoms with van der Waals surface area (Å²) in [7, 11) is 0. The molecule has 138 valence electrons. The van der Waals surface area contributed by atoms with Crippen LogP contribution >= 0.6 is 0 Å². The molecule has 0 aliphatic heterocycles. The topological polar surface area (TPSA) is 51.2 Å². The molecule has 1 heterocycles. The van der Waals surface area contributed by atoms with Crippen molar-refractivity contribution in [2.75, 3.05) is 5.32 Å². The van der Waals surface area contributed by atoms with Crippen molar-refractivity contribution in [3.63, 3.8) is 0 Å². The smallest absolute Gasteiger partial charge is 0.261 e. The monoisotopic (exact) mass is 376 g/mol. The Morgan fingerprint density at radius 3 is 2.29 bits per heavy atom. The number of pyridine rings is 1. The van der Waals surface area contributed by atoms with Crippen LogP contribution in [-0.4, -0.2) is 10.9 Å². The highest BCUT2D eigenvalue weighted by molar-refractivity contribution is 6.04. The molecule has 6 heteroatoms. The molecule has 0 radical (unpaired) electrons. The summed E-state index contributed by atoms with van der Waals surface area (Å²) in [6, 6.07) is 19.2. The third-order valence-electron chi connectivity index (χ3n) is 4.13. The van der Waals surface area contributed by atoms with Crippen LogP contribution < -0.4 is 10.1 Å². The molecule has 1 N–H and O–H groups in total. The van der Waals surface area contributed by atoms with Crippen molar-refractivity contribution in [1.29, 1.82) is 0 Å². The van der Waals surface area contributed by atoms with Gasteiger partial charge in [0.05, 0.1) is 0 Å². The predicted molar refractivity (Wildman–Crippen MR) is 103 cm³/mol. The number of halogens is 2. The number of para-hydroxylation sites is 1. The van der Waals surface area contributed by atoms with Gasteiger partial charge in [0.2, 0.25) is 0 Å². The minimum Gasteiger partial charge on any atom is -0.455 e. The first-order valence-corrected chi connectivity index (χ1v) is 8.49. The van der Waals surface area contributed by atoms with E-state index in [1.54, 1.807) is 30.5 Å².